The lowest BCUT2D eigenvalue weighted by Gasteiger charge is -2.36. The fraction of sp³-hybridized carbons (Fsp3) is 0.381. The number of ether oxygens (including phenoxy) is 2. The van der Waals surface area contributed by atoms with E-state index in [1.165, 1.54) is 11.8 Å². The number of ketones is 1. The van der Waals surface area contributed by atoms with Gasteiger partial charge in [-0.2, -0.15) is 0 Å². The van der Waals surface area contributed by atoms with Crippen LogP contribution in [0.25, 0.3) is 0 Å². The van der Waals surface area contributed by atoms with E-state index in [0.29, 0.717) is 40.9 Å². The number of carbonyl (C=O) groups excluding carboxylic acids is 1. The zero-order valence-electron chi connectivity index (χ0n) is 16.6. The second-order valence-corrected chi connectivity index (χ2v) is 8.18. The van der Waals surface area contributed by atoms with Crippen molar-refractivity contribution in [2.24, 2.45) is 5.92 Å². The van der Waals surface area contributed by atoms with Crippen molar-refractivity contribution in [2.45, 2.75) is 30.8 Å². The van der Waals surface area contributed by atoms with E-state index in [0.717, 1.165) is 17.0 Å². The molecule has 29 heavy (non-hydrogen) atoms. The summed E-state index contributed by atoms with van der Waals surface area (Å²) >= 11 is 1.47. The van der Waals surface area contributed by atoms with Crippen molar-refractivity contribution < 1.29 is 14.3 Å². The van der Waals surface area contributed by atoms with E-state index in [4.69, 9.17) is 9.47 Å². The summed E-state index contributed by atoms with van der Waals surface area (Å²) in [7, 11) is 3.14. The van der Waals surface area contributed by atoms with E-state index >= 15 is 0 Å². The molecule has 8 heteroatoms. The maximum absolute atomic E-state index is 13.1. The van der Waals surface area contributed by atoms with Gasteiger partial charge >= 0.3 is 0 Å². The summed E-state index contributed by atoms with van der Waals surface area (Å²) in [6.07, 6.45) is 3.19. The first-order valence-electron chi connectivity index (χ1n) is 9.56. The van der Waals surface area contributed by atoms with Crippen molar-refractivity contribution in [2.75, 3.05) is 25.3 Å². The highest BCUT2D eigenvalue weighted by Gasteiger charge is 2.42. The monoisotopic (exact) mass is 413 g/mol. The Hall–Kier alpha value is -2.74. The second kappa shape index (κ2) is 7.94. The lowest BCUT2D eigenvalue weighted by Crippen LogP contribution is -2.38. The topological polar surface area (TPSA) is 93.3 Å². The molecule has 1 aliphatic carbocycles. The minimum Gasteiger partial charge on any atom is -0.493 e. The number of fused-ring (bicyclic) bond motifs is 2. The number of hydrogen-bond donors (Lipinski definition) is 2. The zero-order chi connectivity index (χ0) is 20.5. The van der Waals surface area contributed by atoms with Crippen LogP contribution in [0.1, 0.15) is 36.8 Å². The van der Waals surface area contributed by atoms with Crippen LogP contribution in [0, 0.1) is 5.92 Å². The smallest absolute Gasteiger partial charge is 0.257 e. The number of hydrogen-bond acceptors (Lipinski definition) is 7. The van der Waals surface area contributed by atoms with Gasteiger partial charge in [-0.15, -0.1) is 0 Å². The van der Waals surface area contributed by atoms with E-state index in [9.17, 15) is 9.59 Å². The second-order valence-electron chi connectivity index (χ2n) is 6.93. The van der Waals surface area contributed by atoms with E-state index in [1.54, 1.807) is 20.3 Å². The molecular weight excluding hydrogens is 390 g/mol. The minimum atomic E-state index is -0.443. The maximum atomic E-state index is 13.1. The molecule has 0 radical (unpaired) electrons. The molecule has 0 fully saturated rings. The summed E-state index contributed by atoms with van der Waals surface area (Å²) in [5, 5.41) is 3.83. The number of methoxy groups -OCH3 is 2. The molecule has 1 aliphatic heterocycles. The lowest BCUT2D eigenvalue weighted by atomic mass is 9.72. The number of H-pyrrole nitrogens is 1. The van der Waals surface area contributed by atoms with Gasteiger partial charge in [0, 0.05) is 18.0 Å². The van der Waals surface area contributed by atoms with Gasteiger partial charge in [-0.25, -0.2) is 4.98 Å². The first kappa shape index (κ1) is 19.6. The van der Waals surface area contributed by atoms with Gasteiger partial charge < -0.3 is 19.8 Å². The fourth-order valence-electron chi connectivity index (χ4n) is 4.08. The number of aromatic amines is 1. The molecule has 2 N–H and O–H groups in total. The highest BCUT2D eigenvalue weighted by molar-refractivity contribution is 7.99. The Morgan fingerprint density at radius 3 is 2.69 bits per heavy atom. The normalized spacial score (nSPS) is 20.2. The van der Waals surface area contributed by atoms with Gasteiger partial charge in [0.1, 0.15) is 11.6 Å². The SMILES string of the molecule is CCSc1nc2c(c(=O)[nH]1)[C@H](c1ccc(OC)c(OC)c1)[C@H]1C(=O)CCC=C1N2. The highest BCUT2D eigenvalue weighted by atomic mass is 32.2. The van der Waals surface area contributed by atoms with Crippen molar-refractivity contribution >= 4 is 23.4 Å². The number of benzene rings is 1. The third kappa shape index (κ3) is 3.42. The predicted octanol–water partition coefficient (Wildman–Crippen LogP) is 3.32. The van der Waals surface area contributed by atoms with Crippen LogP contribution >= 0.6 is 11.8 Å². The van der Waals surface area contributed by atoms with Gasteiger partial charge in [-0.1, -0.05) is 30.8 Å². The molecule has 152 valence electrons. The average molecular weight is 413 g/mol. The number of thioether (sulfide) groups is 1. The highest BCUT2D eigenvalue weighted by Crippen LogP contribution is 2.46. The van der Waals surface area contributed by atoms with Gasteiger partial charge in [-0.3, -0.25) is 9.59 Å². The Bertz CT molecular complexity index is 1050. The van der Waals surface area contributed by atoms with E-state index < -0.39 is 11.8 Å². The van der Waals surface area contributed by atoms with Gasteiger partial charge in [0.25, 0.3) is 5.56 Å². The zero-order valence-corrected chi connectivity index (χ0v) is 17.4. The molecule has 0 saturated heterocycles. The number of nitrogens with one attached hydrogen (secondary N) is 2. The molecule has 0 amide bonds. The first-order valence-corrected chi connectivity index (χ1v) is 10.5. The van der Waals surface area contributed by atoms with Crippen LogP contribution in [0.4, 0.5) is 5.82 Å². The maximum Gasteiger partial charge on any atom is 0.257 e. The molecule has 2 aromatic rings. The number of allylic oxidation sites excluding steroid dienone is 2. The Labute approximate surface area is 172 Å². The van der Waals surface area contributed by atoms with E-state index in [2.05, 4.69) is 15.3 Å². The molecule has 2 aliphatic rings. The lowest BCUT2D eigenvalue weighted by molar-refractivity contribution is -0.122. The van der Waals surface area contributed by atoms with Crippen molar-refractivity contribution in [1.82, 2.24) is 9.97 Å². The number of anilines is 1. The summed E-state index contributed by atoms with van der Waals surface area (Å²) in [6.45, 7) is 2.00. The summed E-state index contributed by atoms with van der Waals surface area (Å²) < 4.78 is 10.8. The number of nitrogens with zero attached hydrogens (tertiary/aromatic N) is 1. The quantitative estimate of drug-likeness (QED) is 0.574. The van der Waals surface area contributed by atoms with Crippen LogP contribution in [-0.2, 0) is 4.79 Å². The summed E-state index contributed by atoms with van der Waals surface area (Å²) in [5.74, 6) is 1.70. The number of aromatic nitrogens is 2. The molecule has 0 saturated carbocycles. The molecule has 0 unspecified atom stereocenters. The molecule has 1 aromatic carbocycles. The Balaban J connectivity index is 1.93. The van der Waals surface area contributed by atoms with Crippen LogP contribution in [0.3, 0.4) is 0 Å². The third-order valence-electron chi connectivity index (χ3n) is 5.33. The molecule has 0 spiro atoms. The number of Topliss-reactive ketones (excluding diaryl/α,β-unsaturated/α-hetero) is 1. The van der Waals surface area contributed by atoms with Crippen molar-refractivity contribution in [3.8, 4) is 11.5 Å². The van der Waals surface area contributed by atoms with Crippen LogP contribution < -0.4 is 20.3 Å². The average Bonchev–Trinajstić information content (AvgIpc) is 2.72. The largest absolute Gasteiger partial charge is 0.493 e. The standard InChI is InChI=1S/C21H23N3O4S/c1-4-29-21-23-19-18(20(26)24-21)16(17-12(22-19)6-5-7-13(17)25)11-8-9-14(27-2)15(10-11)28-3/h6,8-10,16-17H,4-5,7H2,1-3H3,(H2,22,23,24,26)/t16-,17-/m1/s1. The molecular formula is C21H23N3O4S. The van der Waals surface area contributed by atoms with Crippen LogP contribution in [0.5, 0.6) is 11.5 Å². The predicted molar refractivity (Wildman–Crippen MR) is 112 cm³/mol. The first-order chi connectivity index (χ1) is 14.1. The van der Waals surface area contributed by atoms with E-state index in [-0.39, 0.29) is 11.3 Å². The van der Waals surface area contributed by atoms with Gasteiger partial charge in [-0.05, 0) is 29.9 Å². The van der Waals surface area contributed by atoms with Gasteiger partial charge in [0.05, 0.1) is 25.7 Å². The molecule has 1 aromatic heterocycles. The van der Waals surface area contributed by atoms with Crippen molar-refractivity contribution in [1.29, 1.82) is 0 Å². The van der Waals surface area contributed by atoms with Crippen LogP contribution in [0.15, 0.2) is 39.9 Å². The number of carbonyl (C=O) groups is 1. The summed E-state index contributed by atoms with van der Waals surface area (Å²) in [5.41, 5.74) is 1.89. The van der Waals surface area contributed by atoms with Crippen LogP contribution in [0.2, 0.25) is 0 Å². The Kier molecular flexibility index (Phi) is 5.36. The van der Waals surface area contributed by atoms with Crippen LogP contribution in [-0.4, -0.2) is 35.7 Å². The summed E-state index contributed by atoms with van der Waals surface area (Å²) in [6, 6.07) is 5.52. The third-order valence-corrected chi connectivity index (χ3v) is 6.08. The molecule has 0 bridgehead atoms. The minimum absolute atomic E-state index is 0.117. The Morgan fingerprint density at radius 1 is 1.17 bits per heavy atom. The Morgan fingerprint density at radius 2 is 1.97 bits per heavy atom. The molecule has 4 rings (SSSR count). The number of rotatable bonds is 5. The van der Waals surface area contributed by atoms with Crippen molar-refractivity contribution in [3.05, 3.63) is 51.5 Å². The fourth-order valence-corrected chi connectivity index (χ4v) is 4.67. The van der Waals surface area contributed by atoms with Gasteiger partial charge in [0.15, 0.2) is 16.7 Å². The molecule has 2 atom stereocenters. The van der Waals surface area contributed by atoms with Gasteiger partial charge in [0.2, 0.25) is 0 Å². The summed E-state index contributed by atoms with van der Waals surface area (Å²) in [4.78, 5) is 33.5. The molecule has 2 heterocycles. The molecule has 7 nitrogen and oxygen atoms in total. The van der Waals surface area contributed by atoms with E-state index in [1.807, 2.05) is 25.1 Å². The van der Waals surface area contributed by atoms with Crippen molar-refractivity contribution in [3.63, 3.8) is 0 Å².